The summed E-state index contributed by atoms with van der Waals surface area (Å²) in [6.45, 7) is 2.37. The molecule has 0 N–H and O–H groups in total. The number of likely N-dealkylation sites (tertiary alicyclic amines) is 1. The second-order valence-electron chi connectivity index (χ2n) is 9.22. The van der Waals surface area contributed by atoms with Crippen LogP contribution in [-0.4, -0.2) is 49.3 Å². The number of benzene rings is 3. The van der Waals surface area contributed by atoms with E-state index < -0.39 is 4.87 Å². The van der Waals surface area contributed by atoms with E-state index in [1.165, 1.54) is 17.3 Å². The topological polar surface area (TPSA) is 53.1 Å². The molecular weight excluding hydrogens is 458 g/mol. The predicted molar refractivity (Wildman–Crippen MR) is 139 cm³/mol. The highest BCUT2D eigenvalue weighted by Gasteiger charge is 2.61. The number of hydrogen-bond donors (Lipinski definition) is 0. The summed E-state index contributed by atoms with van der Waals surface area (Å²) in [6.07, 6.45) is 1.07. The lowest BCUT2D eigenvalue weighted by Gasteiger charge is -2.34. The zero-order valence-corrected chi connectivity index (χ0v) is 20.4. The lowest BCUT2D eigenvalue weighted by Crippen LogP contribution is -2.51. The molecule has 3 aliphatic heterocycles. The van der Waals surface area contributed by atoms with E-state index in [4.69, 9.17) is 4.74 Å². The first-order valence-corrected chi connectivity index (χ1v) is 12.9. The monoisotopic (exact) mass is 485 g/mol. The number of fused-ring (bicyclic) bond motifs is 2. The fourth-order valence-electron chi connectivity index (χ4n) is 5.59. The molecule has 0 saturated carbocycles. The number of hydrogen-bond acceptors (Lipinski definition) is 5. The molecule has 0 radical (unpaired) electrons. The van der Waals surface area contributed by atoms with Crippen LogP contribution in [-0.2, 0) is 14.5 Å². The Morgan fingerprint density at radius 3 is 2.49 bits per heavy atom. The van der Waals surface area contributed by atoms with Crippen molar-refractivity contribution in [3.63, 3.8) is 0 Å². The van der Waals surface area contributed by atoms with Crippen LogP contribution < -0.4 is 14.5 Å². The molecule has 6 rings (SSSR count). The summed E-state index contributed by atoms with van der Waals surface area (Å²) >= 11 is 1.42. The van der Waals surface area contributed by atoms with Crippen LogP contribution in [0.5, 0.6) is 5.75 Å². The number of carbonyl (C=O) groups excluding carboxylic acids is 2. The normalized spacial score (nSPS) is 24.0. The number of thioether (sulfide) groups is 1. The maximum absolute atomic E-state index is 14.2. The van der Waals surface area contributed by atoms with Gasteiger partial charge >= 0.3 is 0 Å². The van der Waals surface area contributed by atoms with E-state index >= 15 is 0 Å². The Morgan fingerprint density at radius 2 is 1.71 bits per heavy atom. The van der Waals surface area contributed by atoms with Gasteiger partial charge in [-0.05, 0) is 48.2 Å². The quantitative estimate of drug-likeness (QED) is 0.536. The molecule has 0 aliphatic carbocycles. The van der Waals surface area contributed by atoms with Gasteiger partial charge in [-0.1, -0.05) is 48.5 Å². The van der Waals surface area contributed by atoms with Gasteiger partial charge in [0.05, 0.1) is 25.2 Å². The van der Waals surface area contributed by atoms with Crippen molar-refractivity contribution in [1.82, 2.24) is 4.90 Å². The van der Waals surface area contributed by atoms with E-state index in [1.807, 2.05) is 59.5 Å². The molecule has 3 heterocycles. The Bertz CT molecular complexity index is 1270. The van der Waals surface area contributed by atoms with Crippen LogP contribution in [0, 0.1) is 0 Å². The molecule has 2 atom stereocenters. The number of anilines is 2. The van der Waals surface area contributed by atoms with Gasteiger partial charge in [0.2, 0.25) is 10.8 Å². The van der Waals surface area contributed by atoms with Crippen LogP contribution in [0.3, 0.4) is 0 Å². The first-order valence-electron chi connectivity index (χ1n) is 11.9. The first kappa shape index (κ1) is 22.2. The van der Waals surface area contributed by atoms with E-state index in [1.54, 1.807) is 12.0 Å². The number of methoxy groups -OCH3 is 1. The molecule has 3 aliphatic rings. The van der Waals surface area contributed by atoms with Gasteiger partial charge in [0.25, 0.3) is 5.91 Å². The van der Waals surface area contributed by atoms with Crippen molar-refractivity contribution in [3.8, 4) is 5.75 Å². The Balaban J connectivity index is 1.32. The minimum absolute atomic E-state index is 0.0477. The van der Waals surface area contributed by atoms with Gasteiger partial charge in [0.1, 0.15) is 5.75 Å². The summed E-state index contributed by atoms with van der Waals surface area (Å²) in [5, 5.41) is 0. The minimum Gasteiger partial charge on any atom is -0.497 e. The number of amides is 2. The van der Waals surface area contributed by atoms with Gasteiger partial charge < -0.3 is 4.74 Å². The predicted octanol–water partition coefficient (Wildman–Crippen LogP) is 4.42. The van der Waals surface area contributed by atoms with Crippen molar-refractivity contribution >= 4 is 35.0 Å². The fraction of sp³-hybridized carbons (Fsp3) is 0.286. The smallest absolute Gasteiger partial charge is 0.269 e. The maximum atomic E-state index is 14.2. The summed E-state index contributed by atoms with van der Waals surface area (Å²) in [5.41, 5.74) is 3.83. The fourth-order valence-corrected chi connectivity index (χ4v) is 6.95. The molecule has 3 aromatic carbocycles. The summed E-state index contributed by atoms with van der Waals surface area (Å²) in [6, 6.07) is 25.9. The zero-order valence-electron chi connectivity index (χ0n) is 19.6. The van der Waals surface area contributed by atoms with E-state index in [2.05, 4.69) is 29.2 Å². The van der Waals surface area contributed by atoms with Crippen LogP contribution in [0.15, 0.2) is 78.9 Å². The lowest BCUT2D eigenvalue weighted by molar-refractivity contribution is -0.123. The SMILES string of the molecule is COc1ccc(N2C(=O)CS[C@]23C(=O)N(CN2CC[C@H](c4ccccc4)C2)c2ccccc23)cc1. The number of nitrogens with zero attached hydrogens (tertiary/aromatic N) is 3. The van der Waals surface area contributed by atoms with Crippen molar-refractivity contribution in [3.05, 3.63) is 90.0 Å². The van der Waals surface area contributed by atoms with Gasteiger partial charge in [-0.15, -0.1) is 11.8 Å². The van der Waals surface area contributed by atoms with Crippen LogP contribution in [0.2, 0.25) is 0 Å². The zero-order chi connectivity index (χ0) is 24.0. The molecule has 3 aromatic rings. The molecule has 1 spiro atoms. The molecule has 7 heteroatoms. The van der Waals surface area contributed by atoms with Crippen molar-refractivity contribution < 1.29 is 14.3 Å². The molecule has 2 saturated heterocycles. The summed E-state index contributed by atoms with van der Waals surface area (Å²) in [5.74, 6) is 1.34. The highest BCUT2D eigenvalue weighted by atomic mass is 32.2. The highest BCUT2D eigenvalue weighted by Crippen LogP contribution is 2.55. The van der Waals surface area contributed by atoms with Crippen LogP contribution in [0.4, 0.5) is 11.4 Å². The number of ether oxygens (including phenoxy) is 1. The third kappa shape index (κ3) is 3.53. The second-order valence-corrected chi connectivity index (χ2v) is 10.4. The van der Waals surface area contributed by atoms with E-state index in [0.717, 1.165) is 30.8 Å². The standard InChI is InChI=1S/C28H27N3O3S/c1-34-23-13-11-22(12-14-23)31-26(32)18-35-28(31)24-9-5-6-10-25(24)30(27(28)33)19-29-16-15-21(17-29)20-7-3-2-4-8-20/h2-14,21H,15-19H2,1H3/t21-,28+/m0/s1. The van der Waals surface area contributed by atoms with E-state index in [-0.39, 0.29) is 17.6 Å². The lowest BCUT2D eigenvalue weighted by atomic mass is 9.99. The molecule has 6 nitrogen and oxygen atoms in total. The van der Waals surface area contributed by atoms with Crippen LogP contribution in [0.25, 0.3) is 0 Å². The molecule has 2 amide bonds. The summed E-state index contributed by atoms with van der Waals surface area (Å²) in [4.78, 5) is 32.3. The first-order chi connectivity index (χ1) is 17.1. The maximum Gasteiger partial charge on any atom is 0.269 e. The Kier molecular flexibility index (Phi) is 5.54. The minimum atomic E-state index is -1.08. The van der Waals surface area contributed by atoms with Gasteiger partial charge in [0, 0.05) is 24.3 Å². The average molecular weight is 486 g/mol. The Labute approximate surface area is 209 Å². The highest BCUT2D eigenvalue weighted by molar-refractivity contribution is 8.02. The van der Waals surface area contributed by atoms with Gasteiger partial charge in [-0.2, -0.15) is 0 Å². The van der Waals surface area contributed by atoms with Crippen molar-refractivity contribution in [1.29, 1.82) is 0 Å². The third-order valence-electron chi connectivity index (χ3n) is 7.28. The van der Waals surface area contributed by atoms with Crippen molar-refractivity contribution in [2.45, 2.75) is 17.2 Å². The Hall–Kier alpha value is -3.29. The molecule has 35 heavy (non-hydrogen) atoms. The van der Waals surface area contributed by atoms with Gasteiger partial charge in [-0.3, -0.25) is 24.3 Å². The van der Waals surface area contributed by atoms with E-state index in [9.17, 15) is 9.59 Å². The number of rotatable bonds is 5. The molecule has 178 valence electrons. The van der Waals surface area contributed by atoms with Crippen molar-refractivity contribution in [2.24, 2.45) is 0 Å². The van der Waals surface area contributed by atoms with Gasteiger partial charge in [0.15, 0.2) is 0 Å². The van der Waals surface area contributed by atoms with Gasteiger partial charge in [-0.25, -0.2) is 0 Å². The summed E-state index contributed by atoms with van der Waals surface area (Å²) in [7, 11) is 1.61. The summed E-state index contributed by atoms with van der Waals surface area (Å²) < 4.78 is 5.30. The molecule has 0 unspecified atom stereocenters. The third-order valence-corrected chi connectivity index (χ3v) is 8.67. The molecule has 2 fully saturated rings. The average Bonchev–Trinajstić information content (AvgIpc) is 3.58. The largest absolute Gasteiger partial charge is 0.497 e. The van der Waals surface area contributed by atoms with Crippen molar-refractivity contribution in [2.75, 3.05) is 42.4 Å². The van der Waals surface area contributed by atoms with Crippen LogP contribution >= 0.6 is 11.8 Å². The molecule has 0 aromatic heterocycles. The van der Waals surface area contributed by atoms with Crippen LogP contribution in [0.1, 0.15) is 23.5 Å². The Morgan fingerprint density at radius 1 is 0.971 bits per heavy atom. The number of carbonyl (C=O) groups is 2. The van der Waals surface area contributed by atoms with E-state index in [0.29, 0.717) is 24.0 Å². The second kappa shape index (κ2) is 8.73. The molecule has 0 bridgehead atoms. The number of para-hydroxylation sites is 1. The molecular formula is C28H27N3O3S.